The number of carboxylic acid groups (broad SMARTS) is 2. The molecule has 0 radical (unpaired) electrons. The molecule has 12 nitrogen and oxygen atoms in total. The minimum absolute atomic E-state index is 0.0315. The van der Waals surface area contributed by atoms with E-state index in [9.17, 15) is 34.2 Å². The van der Waals surface area contributed by atoms with Crippen molar-refractivity contribution in [2.45, 2.75) is 62.9 Å². The Morgan fingerprint density at radius 2 is 1.76 bits per heavy atom. The number of carboxylic acids is 2. The zero-order valence-corrected chi connectivity index (χ0v) is 18.7. The van der Waals surface area contributed by atoms with E-state index in [2.05, 4.69) is 10.6 Å². The van der Waals surface area contributed by atoms with E-state index >= 15 is 0 Å². The second-order valence-electron chi connectivity index (χ2n) is 8.21. The lowest BCUT2D eigenvalue weighted by atomic mass is 10.0. The molecule has 186 valence electrons. The third-order valence-electron chi connectivity index (χ3n) is 5.51. The Balaban J connectivity index is 2.19. The fourth-order valence-electron chi connectivity index (χ4n) is 3.76. The lowest BCUT2D eigenvalue weighted by Gasteiger charge is -2.28. The summed E-state index contributed by atoms with van der Waals surface area (Å²) in [4.78, 5) is 62.0. The third kappa shape index (κ3) is 7.25. The first-order valence-electron chi connectivity index (χ1n) is 10.8. The van der Waals surface area contributed by atoms with Crippen LogP contribution in [0.15, 0.2) is 30.3 Å². The second-order valence-corrected chi connectivity index (χ2v) is 8.21. The number of hydrogen-bond acceptors (Lipinski definition) is 7. The molecule has 1 aromatic rings. The second kappa shape index (κ2) is 12.1. The molecule has 1 saturated heterocycles. The smallest absolute Gasteiger partial charge is 0.328 e. The van der Waals surface area contributed by atoms with E-state index in [-0.39, 0.29) is 13.0 Å². The zero-order valence-electron chi connectivity index (χ0n) is 18.7. The highest BCUT2D eigenvalue weighted by Crippen LogP contribution is 2.19. The van der Waals surface area contributed by atoms with Crippen molar-refractivity contribution in [1.82, 2.24) is 15.5 Å². The van der Waals surface area contributed by atoms with E-state index in [1.54, 1.807) is 30.3 Å². The molecule has 0 saturated carbocycles. The van der Waals surface area contributed by atoms with Gasteiger partial charge in [-0.15, -0.1) is 0 Å². The Morgan fingerprint density at radius 3 is 2.32 bits per heavy atom. The average Bonchev–Trinajstić information content (AvgIpc) is 3.26. The van der Waals surface area contributed by atoms with Crippen molar-refractivity contribution in [3.63, 3.8) is 0 Å². The van der Waals surface area contributed by atoms with Crippen molar-refractivity contribution < 1.29 is 39.3 Å². The number of carbonyl (C=O) groups is 5. The molecule has 0 spiro atoms. The minimum atomic E-state index is -1.58. The molecule has 3 amide bonds. The van der Waals surface area contributed by atoms with Gasteiger partial charge in [0.2, 0.25) is 17.7 Å². The van der Waals surface area contributed by atoms with Crippen molar-refractivity contribution in [2.24, 2.45) is 5.73 Å². The summed E-state index contributed by atoms with van der Waals surface area (Å²) in [7, 11) is 0. The predicted molar refractivity (Wildman–Crippen MR) is 118 cm³/mol. The number of benzene rings is 1. The molecule has 7 N–H and O–H groups in total. The minimum Gasteiger partial charge on any atom is -0.481 e. The number of rotatable bonds is 11. The number of hydrogen-bond donors (Lipinski definition) is 6. The number of aliphatic carboxylic acids is 2. The van der Waals surface area contributed by atoms with Gasteiger partial charge in [0, 0.05) is 13.0 Å². The Bertz CT molecular complexity index is 907. The molecule has 0 aliphatic carbocycles. The highest BCUT2D eigenvalue weighted by Gasteiger charge is 2.38. The maximum absolute atomic E-state index is 13.1. The van der Waals surface area contributed by atoms with Crippen molar-refractivity contribution in [2.75, 3.05) is 6.54 Å². The SMILES string of the molecule is CC(O)C(NC(=O)C(Cc1ccccc1)NC(=O)C1CCCN1C(=O)C(N)CC(=O)O)C(=O)O. The average molecular weight is 479 g/mol. The van der Waals surface area contributed by atoms with Crippen LogP contribution in [0.4, 0.5) is 0 Å². The van der Waals surface area contributed by atoms with Crippen LogP contribution < -0.4 is 16.4 Å². The predicted octanol–water partition coefficient (Wildman–Crippen LogP) is -1.54. The van der Waals surface area contributed by atoms with Crippen molar-refractivity contribution in [3.8, 4) is 0 Å². The van der Waals surface area contributed by atoms with E-state index in [1.807, 2.05) is 0 Å². The van der Waals surface area contributed by atoms with Crippen LogP contribution >= 0.6 is 0 Å². The van der Waals surface area contributed by atoms with Crippen LogP contribution in [-0.2, 0) is 30.4 Å². The van der Waals surface area contributed by atoms with Gasteiger partial charge in [0.25, 0.3) is 0 Å². The Labute approximate surface area is 196 Å². The number of amides is 3. The summed E-state index contributed by atoms with van der Waals surface area (Å²) in [5.41, 5.74) is 6.37. The molecule has 0 aromatic heterocycles. The highest BCUT2D eigenvalue weighted by molar-refractivity contribution is 5.95. The first-order valence-corrected chi connectivity index (χ1v) is 10.8. The molecule has 5 atom stereocenters. The lowest BCUT2D eigenvalue weighted by Crippen LogP contribution is -2.58. The van der Waals surface area contributed by atoms with Gasteiger partial charge in [0.05, 0.1) is 18.6 Å². The molecular weight excluding hydrogens is 448 g/mol. The molecule has 0 bridgehead atoms. The monoisotopic (exact) mass is 478 g/mol. The van der Waals surface area contributed by atoms with E-state index in [0.29, 0.717) is 18.4 Å². The molecule has 34 heavy (non-hydrogen) atoms. The number of likely N-dealkylation sites (tertiary alicyclic amines) is 1. The van der Waals surface area contributed by atoms with Crippen LogP contribution in [0.2, 0.25) is 0 Å². The molecule has 1 aliphatic heterocycles. The molecule has 2 rings (SSSR count). The molecular formula is C22H30N4O8. The van der Waals surface area contributed by atoms with E-state index < -0.39 is 66.4 Å². The Morgan fingerprint density at radius 1 is 1.12 bits per heavy atom. The van der Waals surface area contributed by atoms with Crippen molar-refractivity contribution >= 4 is 29.7 Å². The fourth-order valence-corrected chi connectivity index (χ4v) is 3.76. The summed E-state index contributed by atoms with van der Waals surface area (Å²) in [5.74, 6) is -4.82. The van der Waals surface area contributed by atoms with Crippen LogP contribution in [0, 0.1) is 0 Å². The summed E-state index contributed by atoms with van der Waals surface area (Å²) in [5, 5.41) is 32.7. The van der Waals surface area contributed by atoms with Crippen LogP contribution in [0.1, 0.15) is 31.7 Å². The molecule has 1 aromatic carbocycles. The van der Waals surface area contributed by atoms with Crippen LogP contribution in [0.25, 0.3) is 0 Å². The van der Waals surface area contributed by atoms with E-state index in [0.717, 1.165) is 0 Å². The lowest BCUT2D eigenvalue weighted by molar-refractivity contribution is -0.145. The van der Waals surface area contributed by atoms with Gasteiger partial charge in [-0.3, -0.25) is 19.2 Å². The maximum atomic E-state index is 13.1. The number of nitrogens with two attached hydrogens (primary N) is 1. The Kier molecular flexibility index (Phi) is 9.51. The van der Waals surface area contributed by atoms with Crippen LogP contribution in [0.3, 0.4) is 0 Å². The largest absolute Gasteiger partial charge is 0.481 e. The van der Waals surface area contributed by atoms with Gasteiger partial charge in [0.1, 0.15) is 12.1 Å². The van der Waals surface area contributed by atoms with E-state index in [4.69, 9.17) is 10.8 Å². The summed E-state index contributed by atoms with van der Waals surface area (Å²) in [6.45, 7) is 1.43. The quantitative estimate of drug-likeness (QED) is 0.218. The number of aliphatic hydroxyl groups excluding tert-OH is 1. The number of nitrogens with zero attached hydrogens (tertiary/aromatic N) is 1. The van der Waals surface area contributed by atoms with Crippen LogP contribution in [0.5, 0.6) is 0 Å². The van der Waals surface area contributed by atoms with Crippen molar-refractivity contribution in [1.29, 1.82) is 0 Å². The van der Waals surface area contributed by atoms with Gasteiger partial charge in [-0.2, -0.15) is 0 Å². The number of carbonyl (C=O) groups excluding carboxylic acids is 3. The Hall–Kier alpha value is -3.51. The van der Waals surface area contributed by atoms with Gasteiger partial charge in [-0.05, 0) is 25.3 Å². The summed E-state index contributed by atoms with van der Waals surface area (Å²) in [6, 6.07) is 3.67. The fraction of sp³-hybridized carbons (Fsp3) is 0.500. The zero-order chi connectivity index (χ0) is 25.4. The molecule has 1 heterocycles. The van der Waals surface area contributed by atoms with Gasteiger partial charge in [-0.25, -0.2) is 4.79 Å². The first kappa shape index (κ1) is 26.7. The number of aliphatic hydroxyl groups is 1. The molecule has 5 unspecified atom stereocenters. The normalized spacial score (nSPS) is 18.9. The standard InChI is InChI=1S/C22H30N4O8/c1-12(27)18(22(33)34)25-19(30)15(10-13-6-3-2-4-7-13)24-20(31)16-8-5-9-26(16)21(32)14(23)11-17(28)29/h2-4,6-7,12,14-16,18,27H,5,8-11,23H2,1H3,(H,24,31)(H,25,30)(H,28,29)(H,33,34). The van der Waals surface area contributed by atoms with Crippen LogP contribution in [-0.4, -0.2) is 86.7 Å². The van der Waals surface area contributed by atoms with Gasteiger partial charge in [0.15, 0.2) is 6.04 Å². The third-order valence-corrected chi connectivity index (χ3v) is 5.51. The molecule has 1 fully saturated rings. The topological polar surface area (TPSA) is 199 Å². The van der Waals surface area contributed by atoms with Gasteiger partial charge >= 0.3 is 11.9 Å². The molecule has 1 aliphatic rings. The van der Waals surface area contributed by atoms with E-state index in [1.165, 1.54) is 11.8 Å². The summed E-state index contributed by atoms with van der Waals surface area (Å²) >= 11 is 0. The maximum Gasteiger partial charge on any atom is 0.328 e. The highest BCUT2D eigenvalue weighted by atomic mass is 16.4. The van der Waals surface area contributed by atoms with Gasteiger partial charge < -0.3 is 36.6 Å². The van der Waals surface area contributed by atoms with Crippen molar-refractivity contribution in [3.05, 3.63) is 35.9 Å². The summed E-state index contributed by atoms with van der Waals surface area (Å²) in [6.07, 6.45) is -1.15. The summed E-state index contributed by atoms with van der Waals surface area (Å²) < 4.78 is 0. The number of nitrogens with one attached hydrogen (secondary N) is 2. The van der Waals surface area contributed by atoms with Gasteiger partial charge in [-0.1, -0.05) is 30.3 Å². The molecule has 12 heteroatoms. The first-order chi connectivity index (χ1) is 16.0.